The molecule has 2 aromatic heterocycles. The summed E-state index contributed by atoms with van der Waals surface area (Å²) in [5, 5.41) is 22.6. The van der Waals surface area contributed by atoms with E-state index in [0.717, 1.165) is 22.0 Å². The van der Waals surface area contributed by atoms with Gasteiger partial charge in [0.1, 0.15) is 5.82 Å². The van der Waals surface area contributed by atoms with Crippen LogP contribution in [0.3, 0.4) is 0 Å². The third-order valence-corrected chi connectivity index (χ3v) is 5.42. The van der Waals surface area contributed by atoms with Crippen LogP contribution in [-0.2, 0) is 6.54 Å². The fraction of sp³-hybridized carbons (Fsp3) is 0.0476. The van der Waals surface area contributed by atoms with Gasteiger partial charge in [-0.25, -0.2) is 0 Å². The van der Waals surface area contributed by atoms with Crippen LogP contribution in [0.5, 0.6) is 5.88 Å². The number of aromatic hydroxyl groups is 1. The molecule has 2 aromatic carbocycles. The van der Waals surface area contributed by atoms with Gasteiger partial charge in [-0.1, -0.05) is 47.5 Å². The zero-order valence-electron chi connectivity index (χ0n) is 15.8. The van der Waals surface area contributed by atoms with Gasteiger partial charge in [0, 0.05) is 38.3 Å². The van der Waals surface area contributed by atoms with Gasteiger partial charge in [0.05, 0.1) is 11.5 Å². The van der Waals surface area contributed by atoms with E-state index in [0.29, 0.717) is 16.6 Å². The Morgan fingerprint density at radius 1 is 1.13 bits per heavy atom. The number of halogens is 2. The lowest BCUT2D eigenvalue weighted by Crippen LogP contribution is -2.14. The van der Waals surface area contributed by atoms with E-state index in [4.69, 9.17) is 23.2 Å². The van der Waals surface area contributed by atoms with E-state index in [2.05, 4.69) is 9.97 Å². The molecule has 0 atom stereocenters. The fourth-order valence-electron chi connectivity index (χ4n) is 3.28. The highest BCUT2D eigenvalue weighted by molar-refractivity contribution is 6.36. The first-order valence-electron chi connectivity index (χ1n) is 9.01. The number of nitro groups is 1. The molecule has 0 saturated heterocycles. The van der Waals surface area contributed by atoms with Crippen LogP contribution in [0, 0.1) is 10.1 Å². The van der Waals surface area contributed by atoms with Crippen LogP contribution in [0.1, 0.15) is 17.0 Å². The Morgan fingerprint density at radius 3 is 2.52 bits per heavy atom. The summed E-state index contributed by atoms with van der Waals surface area (Å²) in [6.45, 7) is 0.445. The Hall–Kier alpha value is -3.62. The number of benzene rings is 2. The Balaban J connectivity index is 1.74. The number of hydrogen-bond acceptors (Lipinski definition) is 5. The molecule has 0 aliphatic rings. The van der Waals surface area contributed by atoms with Crippen molar-refractivity contribution in [2.75, 3.05) is 0 Å². The number of fused-ring (bicyclic) bond motifs is 1. The van der Waals surface area contributed by atoms with E-state index in [1.807, 2.05) is 35.0 Å². The van der Waals surface area contributed by atoms with E-state index in [9.17, 15) is 20.0 Å². The van der Waals surface area contributed by atoms with Crippen molar-refractivity contribution in [2.45, 2.75) is 6.54 Å². The first-order valence-corrected chi connectivity index (χ1v) is 9.77. The molecule has 10 heteroatoms. The van der Waals surface area contributed by atoms with Crippen molar-refractivity contribution in [1.82, 2.24) is 14.5 Å². The number of aromatic nitrogens is 3. The quantitative estimate of drug-likeness (QED) is 0.328. The Bertz CT molecular complexity index is 1390. The molecule has 4 aromatic rings. The Morgan fingerprint density at radius 2 is 1.84 bits per heavy atom. The average Bonchev–Trinajstić information content (AvgIpc) is 3.06. The average molecular weight is 457 g/mol. The summed E-state index contributed by atoms with van der Waals surface area (Å²) in [6.07, 6.45) is 5.04. The minimum atomic E-state index is -1.03. The van der Waals surface area contributed by atoms with Crippen LogP contribution in [-0.4, -0.2) is 24.6 Å². The van der Waals surface area contributed by atoms with Gasteiger partial charge in [0.2, 0.25) is 0 Å². The highest BCUT2D eigenvalue weighted by Gasteiger charge is 2.21. The molecule has 31 heavy (non-hydrogen) atoms. The summed E-state index contributed by atoms with van der Waals surface area (Å²) in [6, 6.07) is 13.0. The predicted octanol–water partition coefficient (Wildman–Crippen LogP) is 4.86. The second-order valence-corrected chi connectivity index (χ2v) is 7.46. The lowest BCUT2D eigenvalue weighted by Gasteiger charge is -2.09. The zero-order chi connectivity index (χ0) is 22.1. The molecule has 0 fully saturated rings. The summed E-state index contributed by atoms with van der Waals surface area (Å²) < 4.78 is 1.99. The van der Waals surface area contributed by atoms with E-state index < -0.39 is 22.0 Å². The first kappa shape index (κ1) is 20.6. The van der Waals surface area contributed by atoms with Gasteiger partial charge in [-0.2, -0.15) is 4.98 Å². The number of hydrogen-bond donors (Lipinski definition) is 2. The molecule has 0 aliphatic heterocycles. The smallest absolute Gasteiger partial charge is 0.395 e. The minimum absolute atomic E-state index is 0.0147. The molecule has 0 spiro atoms. The largest absolute Gasteiger partial charge is 0.488 e. The maximum absolute atomic E-state index is 11.8. The minimum Gasteiger partial charge on any atom is -0.488 e. The molecule has 8 nitrogen and oxygen atoms in total. The van der Waals surface area contributed by atoms with Crippen molar-refractivity contribution >= 4 is 51.9 Å². The molecule has 0 bridgehead atoms. The van der Waals surface area contributed by atoms with Crippen LogP contribution in [0.4, 0.5) is 5.69 Å². The molecule has 2 N–H and O–H groups in total. The van der Waals surface area contributed by atoms with E-state index in [1.54, 1.807) is 24.3 Å². The topological polar surface area (TPSA) is 114 Å². The third-order valence-electron chi connectivity index (χ3n) is 4.71. The van der Waals surface area contributed by atoms with Crippen molar-refractivity contribution < 1.29 is 10.0 Å². The third kappa shape index (κ3) is 4.03. The maximum atomic E-state index is 11.8. The molecule has 0 unspecified atom stereocenters. The Labute approximate surface area is 185 Å². The molecule has 0 amide bonds. The van der Waals surface area contributed by atoms with Crippen LogP contribution in [0.15, 0.2) is 53.5 Å². The molecule has 2 heterocycles. The summed E-state index contributed by atoms with van der Waals surface area (Å²) in [5.41, 5.74) is 0.497. The molecule has 4 rings (SSSR count). The van der Waals surface area contributed by atoms with Crippen molar-refractivity contribution in [1.29, 1.82) is 0 Å². The highest BCUT2D eigenvalue weighted by Crippen LogP contribution is 2.29. The van der Waals surface area contributed by atoms with Crippen molar-refractivity contribution in [3.05, 3.63) is 96.1 Å². The van der Waals surface area contributed by atoms with Gasteiger partial charge in [0.25, 0.3) is 5.88 Å². The van der Waals surface area contributed by atoms with E-state index in [1.165, 1.54) is 6.08 Å². The number of aromatic amines is 1. The van der Waals surface area contributed by atoms with Crippen LogP contribution in [0.25, 0.3) is 23.1 Å². The van der Waals surface area contributed by atoms with Crippen LogP contribution in [0.2, 0.25) is 10.0 Å². The van der Waals surface area contributed by atoms with Crippen LogP contribution < -0.4 is 5.56 Å². The van der Waals surface area contributed by atoms with Gasteiger partial charge < -0.3 is 14.7 Å². The van der Waals surface area contributed by atoms with Gasteiger partial charge in [0.15, 0.2) is 0 Å². The van der Waals surface area contributed by atoms with Crippen molar-refractivity contribution in [2.24, 2.45) is 0 Å². The second kappa shape index (κ2) is 8.25. The second-order valence-electron chi connectivity index (χ2n) is 6.64. The summed E-state index contributed by atoms with van der Waals surface area (Å²) in [7, 11) is 0. The summed E-state index contributed by atoms with van der Waals surface area (Å²) in [5.74, 6) is -0.955. The van der Waals surface area contributed by atoms with Gasteiger partial charge >= 0.3 is 11.2 Å². The van der Waals surface area contributed by atoms with Crippen molar-refractivity contribution in [3.63, 3.8) is 0 Å². The molecular formula is C21H14Cl2N4O4. The molecule has 0 radical (unpaired) electrons. The molecule has 0 aliphatic carbocycles. The zero-order valence-corrected chi connectivity index (χ0v) is 17.3. The van der Waals surface area contributed by atoms with Crippen LogP contribution >= 0.6 is 23.2 Å². The number of para-hydroxylation sites is 1. The normalized spacial score (nSPS) is 11.4. The first-order chi connectivity index (χ1) is 14.8. The monoisotopic (exact) mass is 456 g/mol. The predicted molar refractivity (Wildman–Crippen MR) is 120 cm³/mol. The number of rotatable bonds is 5. The van der Waals surface area contributed by atoms with E-state index >= 15 is 0 Å². The number of H-pyrrole nitrogens is 1. The standard InChI is InChI=1S/C21H14Cl2N4O4/c22-15-5-3-6-16(23)14(15)11-26-10-12(13-4-1-2-7-17(13)26)8-9-18-24-20(28)19(27(30)31)21(29)25-18/h1-10H,11H2,(H2,24,25,28,29)/b9-8+. The molecular weight excluding hydrogens is 443 g/mol. The lowest BCUT2D eigenvalue weighted by molar-refractivity contribution is -0.387. The highest BCUT2D eigenvalue weighted by atomic mass is 35.5. The SMILES string of the molecule is O=c1[nH]c(/C=C/c2cn(Cc3c(Cl)cccc3Cl)c3ccccc23)nc(O)c1[N+](=O)[O-]. The Kier molecular flexibility index (Phi) is 5.50. The van der Waals surface area contributed by atoms with Gasteiger partial charge in [-0.3, -0.25) is 14.9 Å². The van der Waals surface area contributed by atoms with Crippen molar-refractivity contribution in [3.8, 4) is 5.88 Å². The number of nitrogens with one attached hydrogen (secondary N) is 1. The number of nitrogens with zero attached hydrogens (tertiary/aromatic N) is 3. The van der Waals surface area contributed by atoms with E-state index in [-0.39, 0.29) is 5.82 Å². The molecule has 0 saturated carbocycles. The lowest BCUT2D eigenvalue weighted by atomic mass is 10.1. The maximum Gasteiger partial charge on any atom is 0.395 e. The summed E-state index contributed by atoms with van der Waals surface area (Å²) in [4.78, 5) is 27.6. The van der Waals surface area contributed by atoms with Gasteiger partial charge in [-0.05, 0) is 30.4 Å². The van der Waals surface area contributed by atoms with Gasteiger partial charge in [-0.15, -0.1) is 0 Å². The fourth-order valence-corrected chi connectivity index (χ4v) is 3.79. The molecule has 156 valence electrons. The summed E-state index contributed by atoms with van der Waals surface area (Å²) >= 11 is 12.6.